The Kier molecular flexibility index (Phi) is 4.93. The Bertz CT molecular complexity index is 511. The highest BCUT2D eigenvalue weighted by molar-refractivity contribution is 7.89. The highest BCUT2D eigenvalue weighted by atomic mass is 32.2. The van der Waals surface area contributed by atoms with E-state index in [1.807, 2.05) is 0 Å². The van der Waals surface area contributed by atoms with E-state index in [1.165, 1.54) is 25.0 Å². The van der Waals surface area contributed by atoms with Crippen LogP contribution in [0.5, 0.6) is 0 Å². The Morgan fingerprint density at radius 1 is 1.37 bits per heavy atom. The maximum Gasteiger partial charge on any atom is 0.240 e. The predicted octanol–water partition coefficient (Wildman–Crippen LogP) is 0.884. The lowest BCUT2D eigenvalue weighted by molar-refractivity contribution is 0.129. The summed E-state index contributed by atoms with van der Waals surface area (Å²) in [6.45, 7) is 1.20. The van der Waals surface area contributed by atoms with Crippen LogP contribution in [0.1, 0.15) is 18.4 Å². The van der Waals surface area contributed by atoms with Crippen LogP contribution in [0.3, 0.4) is 0 Å². The van der Waals surface area contributed by atoms with Crippen LogP contribution in [-0.2, 0) is 21.4 Å². The molecule has 6 heteroatoms. The van der Waals surface area contributed by atoms with E-state index in [-0.39, 0.29) is 18.0 Å². The topological polar surface area (TPSA) is 75.6 Å². The van der Waals surface area contributed by atoms with Gasteiger partial charge in [-0.25, -0.2) is 13.1 Å². The van der Waals surface area contributed by atoms with Gasteiger partial charge in [-0.1, -0.05) is 12.1 Å². The molecule has 19 heavy (non-hydrogen) atoms. The van der Waals surface area contributed by atoms with Gasteiger partial charge in [-0.2, -0.15) is 0 Å². The Morgan fingerprint density at radius 3 is 2.84 bits per heavy atom. The largest absolute Gasteiger partial charge is 0.392 e. The number of rotatable bonds is 8. The molecule has 0 saturated heterocycles. The minimum atomic E-state index is -3.52. The van der Waals surface area contributed by atoms with Gasteiger partial charge >= 0.3 is 0 Å². The van der Waals surface area contributed by atoms with E-state index >= 15 is 0 Å². The van der Waals surface area contributed by atoms with Gasteiger partial charge in [-0.05, 0) is 36.5 Å². The second kappa shape index (κ2) is 6.47. The SMILES string of the molecule is O=S(=O)(NCCOCC1CC1)c1cccc(CO)c1. The second-order valence-electron chi connectivity index (χ2n) is 4.72. The molecular formula is C13H19NO4S. The number of benzene rings is 1. The number of hydrogen-bond acceptors (Lipinski definition) is 4. The summed E-state index contributed by atoms with van der Waals surface area (Å²) in [4.78, 5) is 0.168. The highest BCUT2D eigenvalue weighted by Crippen LogP contribution is 2.28. The molecule has 0 aromatic heterocycles. The lowest BCUT2D eigenvalue weighted by Crippen LogP contribution is -2.27. The molecule has 0 spiro atoms. The predicted molar refractivity (Wildman–Crippen MR) is 71.1 cm³/mol. The molecule has 5 nitrogen and oxygen atoms in total. The Morgan fingerprint density at radius 2 is 2.16 bits per heavy atom. The summed E-state index contributed by atoms with van der Waals surface area (Å²) in [5.74, 6) is 0.679. The van der Waals surface area contributed by atoms with Gasteiger partial charge < -0.3 is 9.84 Å². The first kappa shape index (κ1) is 14.5. The average molecular weight is 285 g/mol. The van der Waals surface area contributed by atoms with Crippen molar-refractivity contribution in [3.05, 3.63) is 29.8 Å². The van der Waals surface area contributed by atoms with Crippen LogP contribution >= 0.6 is 0 Å². The smallest absolute Gasteiger partial charge is 0.240 e. The molecular weight excluding hydrogens is 266 g/mol. The molecule has 0 amide bonds. The first-order valence-corrected chi connectivity index (χ1v) is 7.87. The van der Waals surface area contributed by atoms with Gasteiger partial charge in [0.25, 0.3) is 0 Å². The van der Waals surface area contributed by atoms with Crippen molar-refractivity contribution in [3.63, 3.8) is 0 Å². The van der Waals surface area contributed by atoms with E-state index in [4.69, 9.17) is 9.84 Å². The second-order valence-corrected chi connectivity index (χ2v) is 6.49. The number of sulfonamides is 1. The van der Waals surface area contributed by atoms with Gasteiger partial charge in [0.15, 0.2) is 0 Å². The number of nitrogens with one attached hydrogen (secondary N) is 1. The summed E-state index contributed by atoms with van der Waals surface area (Å²) in [5, 5.41) is 9.00. The molecule has 0 radical (unpaired) electrons. The molecule has 1 fully saturated rings. The van der Waals surface area contributed by atoms with Crippen LogP contribution in [-0.4, -0.2) is 33.3 Å². The fraction of sp³-hybridized carbons (Fsp3) is 0.538. The van der Waals surface area contributed by atoms with Crippen molar-refractivity contribution in [3.8, 4) is 0 Å². The molecule has 0 bridgehead atoms. The van der Waals surface area contributed by atoms with Gasteiger partial charge in [0.1, 0.15) is 0 Å². The van der Waals surface area contributed by atoms with Crippen molar-refractivity contribution >= 4 is 10.0 Å². The summed E-state index contributed by atoms with van der Waals surface area (Å²) in [7, 11) is -3.52. The molecule has 1 aliphatic carbocycles. The molecule has 0 aliphatic heterocycles. The molecule has 0 heterocycles. The summed E-state index contributed by atoms with van der Waals surface area (Å²) < 4.78 is 31.8. The molecule has 106 valence electrons. The van der Waals surface area contributed by atoms with Crippen LogP contribution in [0, 0.1) is 5.92 Å². The summed E-state index contributed by atoms with van der Waals surface area (Å²) in [5.41, 5.74) is 0.577. The van der Waals surface area contributed by atoms with Crippen molar-refractivity contribution in [2.75, 3.05) is 19.8 Å². The average Bonchev–Trinajstić information content (AvgIpc) is 3.22. The van der Waals surface area contributed by atoms with Crippen molar-refractivity contribution in [1.29, 1.82) is 0 Å². The molecule has 1 aromatic carbocycles. The zero-order chi connectivity index (χ0) is 13.7. The van der Waals surface area contributed by atoms with Crippen LogP contribution in [0.4, 0.5) is 0 Å². The van der Waals surface area contributed by atoms with E-state index in [0.717, 1.165) is 6.61 Å². The molecule has 0 atom stereocenters. The molecule has 1 saturated carbocycles. The molecule has 1 aromatic rings. The molecule has 2 rings (SSSR count). The number of aliphatic hydroxyl groups is 1. The zero-order valence-corrected chi connectivity index (χ0v) is 11.5. The first-order chi connectivity index (χ1) is 9.12. The highest BCUT2D eigenvalue weighted by Gasteiger charge is 2.21. The summed E-state index contributed by atoms with van der Waals surface area (Å²) in [6.07, 6.45) is 2.44. The van der Waals surface area contributed by atoms with Crippen LogP contribution in [0.2, 0.25) is 0 Å². The minimum Gasteiger partial charge on any atom is -0.392 e. The van der Waals surface area contributed by atoms with Crippen molar-refractivity contribution in [2.24, 2.45) is 5.92 Å². The van der Waals surface area contributed by atoms with Gasteiger partial charge in [-0.3, -0.25) is 0 Å². The first-order valence-electron chi connectivity index (χ1n) is 6.39. The van der Waals surface area contributed by atoms with E-state index in [0.29, 0.717) is 18.1 Å². The lowest BCUT2D eigenvalue weighted by Gasteiger charge is -2.08. The third-order valence-electron chi connectivity index (χ3n) is 2.98. The van der Waals surface area contributed by atoms with Crippen LogP contribution in [0.25, 0.3) is 0 Å². The molecule has 0 unspecified atom stereocenters. The monoisotopic (exact) mass is 285 g/mol. The Hall–Kier alpha value is -0.950. The van der Waals surface area contributed by atoms with Crippen molar-refractivity contribution < 1.29 is 18.3 Å². The van der Waals surface area contributed by atoms with Crippen molar-refractivity contribution in [1.82, 2.24) is 4.72 Å². The maximum absolute atomic E-state index is 12.0. The van der Waals surface area contributed by atoms with Gasteiger partial charge in [0, 0.05) is 13.2 Å². The fourth-order valence-corrected chi connectivity index (χ4v) is 2.76. The normalized spacial score (nSPS) is 15.6. The van der Waals surface area contributed by atoms with E-state index in [1.54, 1.807) is 12.1 Å². The van der Waals surface area contributed by atoms with E-state index in [9.17, 15) is 8.42 Å². The van der Waals surface area contributed by atoms with Crippen molar-refractivity contribution in [2.45, 2.75) is 24.3 Å². The lowest BCUT2D eigenvalue weighted by atomic mass is 10.2. The maximum atomic E-state index is 12.0. The number of hydrogen-bond donors (Lipinski definition) is 2. The summed E-state index contributed by atoms with van der Waals surface area (Å²) in [6, 6.07) is 6.27. The summed E-state index contributed by atoms with van der Waals surface area (Å²) >= 11 is 0. The fourth-order valence-electron chi connectivity index (χ4n) is 1.68. The van der Waals surface area contributed by atoms with Gasteiger partial charge in [-0.15, -0.1) is 0 Å². The minimum absolute atomic E-state index is 0.168. The standard InChI is InChI=1S/C13H19NO4S/c15-9-12-2-1-3-13(8-12)19(16,17)14-6-7-18-10-11-4-5-11/h1-3,8,11,14-15H,4-7,9-10H2. The van der Waals surface area contributed by atoms with E-state index < -0.39 is 10.0 Å². The molecule has 1 aliphatic rings. The van der Waals surface area contributed by atoms with Gasteiger partial charge in [0.2, 0.25) is 10.0 Å². The Balaban J connectivity index is 1.82. The van der Waals surface area contributed by atoms with E-state index in [2.05, 4.69) is 4.72 Å². The number of aliphatic hydroxyl groups excluding tert-OH is 1. The zero-order valence-electron chi connectivity index (χ0n) is 10.7. The van der Waals surface area contributed by atoms with Crippen LogP contribution < -0.4 is 4.72 Å². The third kappa shape index (κ3) is 4.58. The quantitative estimate of drug-likeness (QED) is 0.695. The molecule has 2 N–H and O–H groups in total. The third-order valence-corrected chi connectivity index (χ3v) is 4.44. The van der Waals surface area contributed by atoms with Gasteiger partial charge in [0.05, 0.1) is 18.1 Å². The Labute approximate surface area is 113 Å². The number of ether oxygens (including phenoxy) is 1. The van der Waals surface area contributed by atoms with Crippen LogP contribution in [0.15, 0.2) is 29.2 Å².